The van der Waals surface area contributed by atoms with E-state index in [1.807, 2.05) is 31.2 Å². The van der Waals surface area contributed by atoms with Crippen LogP contribution < -0.4 is 25.3 Å². The van der Waals surface area contributed by atoms with Crippen LogP contribution in [0, 0.1) is 0 Å². The molecule has 1 atom stereocenters. The highest BCUT2D eigenvalue weighted by molar-refractivity contribution is 8.14. The fraction of sp³-hybridized carbons (Fsp3) is 0.179. The van der Waals surface area contributed by atoms with E-state index in [1.165, 1.54) is 0 Å². The second-order valence-corrected chi connectivity index (χ2v) is 9.44. The predicted molar refractivity (Wildman–Crippen MR) is 145 cm³/mol. The molecule has 0 saturated heterocycles. The molecular weight excluding hydrogens is 492 g/mol. The van der Waals surface area contributed by atoms with E-state index in [2.05, 4.69) is 5.32 Å². The number of nitrogens with two attached hydrogens (primary N) is 1. The van der Waals surface area contributed by atoms with E-state index in [1.54, 1.807) is 62.8 Å². The van der Waals surface area contributed by atoms with Gasteiger partial charge in [0.15, 0.2) is 0 Å². The fourth-order valence-electron chi connectivity index (χ4n) is 3.57. The zero-order chi connectivity index (χ0) is 26.8. The van der Waals surface area contributed by atoms with Gasteiger partial charge >= 0.3 is 0 Å². The van der Waals surface area contributed by atoms with Gasteiger partial charge in [-0.15, -0.1) is 0 Å². The molecule has 0 aliphatic rings. The Labute approximate surface area is 219 Å². The first-order valence-corrected chi connectivity index (χ1v) is 12.2. The van der Waals surface area contributed by atoms with Crippen molar-refractivity contribution in [3.63, 3.8) is 0 Å². The molecule has 0 spiro atoms. The molecule has 0 aromatic heterocycles. The molecule has 8 nitrogen and oxygen atoms in total. The molecule has 192 valence electrons. The number of carbonyl (C=O) groups excluding carboxylic acids is 3. The van der Waals surface area contributed by atoms with Crippen LogP contribution in [0.3, 0.4) is 0 Å². The van der Waals surface area contributed by atoms with E-state index < -0.39 is 5.91 Å². The van der Waals surface area contributed by atoms with E-state index in [-0.39, 0.29) is 10.5 Å². The smallest absolute Gasteiger partial charge is 0.285 e. The maximum absolute atomic E-state index is 12.3. The van der Waals surface area contributed by atoms with Crippen LogP contribution in [0.1, 0.15) is 23.6 Å². The van der Waals surface area contributed by atoms with Gasteiger partial charge in [-0.3, -0.25) is 19.7 Å². The Kier molecular flexibility index (Phi) is 9.74. The van der Waals surface area contributed by atoms with Crippen molar-refractivity contribution in [2.24, 2.45) is 5.73 Å². The van der Waals surface area contributed by atoms with E-state index in [0.29, 0.717) is 52.5 Å². The Hall–Kier alpha value is -4.24. The molecule has 0 bridgehead atoms. The summed E-state index contributed by atoms with van der Waals surface area (Å²) in [4.78, 5) is 34.2. The molecule has 3 aromatic rings. The van der Waals surface area contributed by atoms with Crippen LogP contribution in [0.2, 0.25) is 0 Å². The molecule has 1 unspecified atom stereocenters. The maximum Gasteiger partial charge on any atom is 0.285 e. The van der Waals surface area contributed by atoms with Gasteiger partial charge < -0.3 is 19.9 Å². The summed E-state index contributed by atoms with van der Waals surface area (Å²) in [6.07, 6.45) is 2.70. The molecule has 3 rings (SSSR count). The average molecular weight is 521 g/mol. The molecular formula is C28H28N2O6S. The molecule has 37 heavy (non-hydrogen) atoms. The highest BCUT2D eigenvalue weighted by Crippen LogP contribution is 2.29. The number of amides is 3. The third kappa shape index (κ3) is 8.15. The third-order valence-electron chi connectivity index (χ3n) is 5.26. The van der Waals surface area contributed by atoms with Crippen molar-refractivity contribution >= 4 is 41.0 Å². The number of benzene rings is 3. The molecule has 0 aliphatic carbocycles. The van der Waals surface area contributed by atoms with E-state index >= 15 is 0 Å². The summed E-state index contributed by atoms with van der Waals surface area (Å²) in [5.41, 5.74) is 8.33. The molecule has 3 N–H and O–H groups in total. The van der Waals surface area contributed by atoms with Crippen molar-refractivity contribution in [1.82, 2.24) is 5.32 Å². The summed E-state index contributed by atoms with van der Waals surface area (Å²) in [5, 5.41) is 1.74. The van der Waals surface area contributed by atoms with Crippen molar-refractivity contribution < 1.29 is 28.6 Å². The number of hydrogen-bond donors (Lipinski definition) is 2. The van der Waals surface area contributed by atoms with Gasteiger partial charge in [0, 0.05) is 16.9 Å². The van der Waals surface area contributed by atoms with Crippen LogP contribution >= 0.6 is 11.8 Å². The molecule has 9 heteroatoms. The van der Waals surface area contributed by atoms with Gasteiger partial charge in [-0.2, -0.15) is 0 Å². The number of imide groups is 1. The molecule has 0 aliphatic heterocycles. The number of hydrogen-bond acceptors (Lipinski definition) is 7. The van der Waals surface area contributed by atoms with Gasteiger partial charge in [0.1, 0.15) is 23.0 Å². The van der Waals surface area contributed by atoms with Gasteiger partial charge in [0.05, 0.1) is 14.2 Å². The summed E-state index contributed by atoms with van der Waals surface area (Å²) in [5.74, 6) is 1.74. The minimum atomic E-state index is -0.586. The number of carbonyl (C=O) groups is 3. The summed E-state index contributed by atoms with van der Waals surface area (Å²) in [6.45, 7) is 1.91. The van der Waals surface area contributed by atoms with Crippen LogP contribution in [0.25, 0.3) is 11.6 Å². The predicted octanol–water partition coefficient (Wildman–Crippen LogP) is 5.05. The zero-order valence-corrected chi connectivity index (χ0v) is 21.5. The van der Waals surface area contributed by atoms with E-state index in [0.717, 1.165) is 17.3 Å². The fourth-order valence-corrected chi connectivity index (χ4v) is 4.33. The Morgan fingerprint density at radius 2 is 1.62 bits per heavy atom. The van der Waals surface area contributed by atoms with Gasteiger partial charge in [-0.05, 0) is 65.6 Å². The lowest BCUT2D eigenvalue weighted by atomic mass is 10.0. The van der Waals surface area contributed by atoms with Crippen molar-refractivity contribution in [2.45, 2.75) is 18.6 Å². The summed E-state index contributed by atoms with van der Waals surface area (Å²) in [6, 6.07) is 19.9. The van der Waals surface area contributed by atoms with Crippen molar-refractivity contribution in [1.29, 1.82) is 0 Å². The lowest BCUT2D eigenvalue weighted by Crippen LogP contribution is -2.19. The monoisotopic (exact) mass is 520 g/mol. The first kappa shape index (κ1) is 27.3. The second kappa shape index (κ2) is 13.2. The Morgan fingerprint density at radius 1 is 0.946 bits per heavy atom. The summed E-state index contributed by atoms with van der Waals surface area (Å²) < 4.78 is 16.6. The number of nitrogens with one attached hydrogen (secondary N) is 1. The van der Waals surface area contributed by atoms with Crippen molar-refractivity contribution in [3.8, 4) is 23.0 Å². The number of methoxy groups -OCH3 is 2. The highest BCUT2D eigenvalue weighted by atomic mass is 32.2. The van der Waals surface area contributed by atoms with Crippen LogP contribution in [-0.2, 0) is 16.0 Å². The number of rotatable bonds is 11. The minimum absolute atomic E-state index is 0.00745. The first-order valence-electron chi connectivity index (χ1n) is 11.3. The molecule has 0 fully saturated rings. The number of primary amides is 1. The standard InChI is InChI=1S/C28H28N2O6S/c1-18(37-28(33)30-17-31)11-19-7-9-22(10-8-19)36-23-6-4-5-21(15-23)26(27(29)32)14-20-12-24(34-2)16-25(13-20)35-3/h4-10,12-18H,11H2,1-3H3,(H2,29,32)(H,30,31,33)/b26-14+. The number of ether oxygens (including phenoxy) is 3. The Morgan fingerprint density at radius 3 is 2.22 bits per heavy atom. The van der Waals surface area contributed by atoms with Crippen LogP contribution in [0.15, 0.2) is 66.7 Å². The lowest BCUT2D eigenvalue weighted by molar-refractivity contribution is -0.112. The first-order chi connectivity index (χ1) is 17.8. The second-order valence-electron chi connectivity index (χ2n) is 8.02. The topological polar surface area (TPSA) is 117 Å². The number of thioether (sulfide) groups is 1. The van der Waals surface area contributed by atoms with Crippen LogP contribution in [0.4, 0.5) is 4.79 Å². The maximum atomic E-state index is 12.3. The van der Waals surface area contributed by atoms with Gasteiger partial charge in [0.2, 0.25) is 12.3 Å². The lowest BCUT2D eigenvalue weighted by Gasteiger charge is -2.12. The molecule has 0 radical (unpaired) electrons. The third-order valence-corrected chi connectivity index (χ3v) is 6.16. The molecule has 3 amide bonds. The van der Waals surface area contributed by atoms with Gasteiger partial charge in [-0.1, -0.05) is 43.0 Å². The molecule has 3 aromatic carbocycles. The average Bonchev–Trinajstić information content (AvgIpc) is 2.88. The van der Waals surface area contributed by atoms with Gasteiger partial charge in [0.25, 0.3) is 5.24 Å². The minimum Gasteiger partial charge on any atom is -0.497 e. The van der Waals surface area contributed by atoms with Crippen molar-refractivity contribution in [2.75, 3.05) is 14.2 Å². The van der Waals surface area contributed by atoms with Crippen LogP contribution in [-0.4, -0.2) is 37.0 Å². The Balaban J connectivity index is 1.76. The van der Waals surface area contributed by atoms with Crippen LogP contribution in [0.5, 0.6) is 23.0 Å². The quantitative estimate of drug-likeness (QED) is 0.206. The van der Waals surface area contributed by atoms with Gasteiger partial charge in [-0.25, -0.2) is 0 Å². The molecule has 0 heterocycles. The van der Waals surface area contributed by atoms with E-state index in [4.69, 9.17) is 19.9 Å². The van der Waals surface area contributed by atoms with E-state index in [9.17, 15) is 14.4 Å². The summed E-state index contributed by atoms with van der Waals surface area (Å²) in [7, 11) is 3.11. The largest absolute Gasteiger partial charge is 0.497 e. The Bertz CT molecular complexity index is 1270. The highest BCUT2D eigenvalue weighted by Gasteiger charge is 2.13. The normalized spacial score (nSPS) is 11.8. The van der Waals surface area contributed by atoms with Crippen molar-refractivity contribution in [3.05, 3.63) is 83.4 Å². The zero-order valence-electron chi connectivity index (χ0n) is 20.7. The summed E-state index contributed by atoms with van der Waals surface area (Å²) >= 11 is 1.07. The molecule has 0 saturated carbocycles. The SMILES string of the molecule is COc1cc(/C=C(/C(N)=O)c2cccc(Oc3ccc(CC(C)SC(=O)NC=O)cc3)c2)cc(OC)c1.